The number of benzene rings is 2. The molecule has 0 atom stereocenters. The quantitative estimate of drug-likeness (QED) is 0.524. The van der Waals surface area contributed by atoms with E-state index in [1.165, 1.54) is 28.6 Å². The summed E-state index contributed by atoms with van der Waals surface area (Å²) >= 11 is 0. The van der Waals surface area contributed by atoms with Gasteiger partial charge in [0, 0.05) is 20.2 Å². The van der Waals surface area contributed by atoms with Gasteiger partial charge in [-0.2, -0.15) is 4.31 Å². The molecular weight excluding hydrogens is 378 g/mol. The Labute approximate surface area is 166 Å². The molecule has 2 aromatic carbocycles. The van der Waals surface area contributed by atoms with E-state index in [1.54, 1.807) is 19.2 Å². The number of rotatable bonds is 7. The Morgan fingerprint density at radius 1 is 0.964 bits per heavy atom. The van der Waals surface area contributed by atoms with Crippen LogP contribution >= 0.6 is 0 Å². The van der Waals surface area contributed by atoms with Gasteiger partial charge in [-0.15, -0.1) is 0 Å². The molecular formula is C21H25NO5S. The Balaban J connectivity index is 1.65. The number of carbonyl (C=O) groups excluding carboxylic acids is 1. The Bertz CT molecular complexity index is 885. The maximum absolute atomic E-state index is 12.7. The molecule has 0 amide bonds. The molecule has 1 aliphatic rings. The van der Waals surface area contributed by atoms with Crippen LogP contribution in [-0.4, -0.2) is 45.5 Å². The largest absolute Gasteiger partial charge is 0.423 e. The molecule has 0 aromatic heterocycles. The summed E-state index contributed by atoms with van der Waals surface area (Å²) in [6, 6.07) is 13.2. The van der Waals surface area contributed by atoms with Crippen LogP contribution < -0.4 is 4.74 Å². The third-order valence-electron chi connectivity index (χ3n) is 4.77. The van der Waals surface area contributed by atoms with E-state index in [4.69, 9.17) is 9.47 Å². The Kier molecular flexibility index (Phi) is 6.83. The molecule has 2 aromatic rings. The Morgan fingerprint density at radius 3 is 2.21 bits per heavy atom. The second kappa shape index (κ2) is 9.32. The fourth-order valence-electron chi connectivity index (χ4n) is 3.13. The summed E-state index contributed by atoms with van der Waals surface area (Å²) < 4.78 is 37.3. The molecule has 1 fully saturated rings. The highest BCUT2D eigenvalue weighted by Gasteiger charge is 2.26. The second-order valence-electron chi connectivity index (χ2n) is 6.77. The highest BCUT2D eigenvalue weighted by atomic mass is 32.2. The monoisotopic (exact) mass is 403 g/mol. The van der Waals surface area contributed by atoms with Crippen LogP contribution in [0.5, 0.6) is 5.75 Å². The van der Waals surface area contributed by atoms with Gasteiger partial charge in [0.2, 0.25) is 10.0 Å². The smallest absolute Gasteiger partial charge is 0.343 e. The highest BCUT2D eigenvalue weighted by Crippen LogP contribution is 2.21. The fraction of sp³-hybridized carbons (Fsp3) is 0.381. The van der Waals surface area contributed by atoms with E-state index in [0.717, 1.165) is 31.2 Å². The van der Waals surface area contributed by atoms with Crippen molar-refractivity contribution in [1.82, 2.24) is 4.31 Å². The summed E-state index contributed by atoms with van der Waals surface area (Å²) in [4.78, 5) is 12.5. The van der Waals surface area contributed by atoms with Crippen molar-refractivity contribution in [2.24, 2.45) is 0 Å². The predicted octanol–water partition coefficient (Wildman–Crippen LogP) is 3.27. The maximum atomic E-state index is 12.7. The van der Waals surface area contributed by atoms with Crippen molar-refractivity contribution in [1.29, 1.82) is 0 Å². The van der Waals surface area contributed by atoms with E-state index in [-0.39, 0.29) is 4.90 Å². The molecule has 0 saturated carbocycles. The number of nitrogens with zero attached hydrogens (tertiary/aromatic N) is 1. The molecule has 7 heteroatoms. The highest BCUT2D eigenvalue weighted by molar-refractivity contribution is 7.89. The van der Waals surface area contributed by atoms with Crippen LogP contribution in [0.4, 0.5) is 0 Å². The number of hydrogen-bond donors (Lipinski definition) is 0. The van der Waals surface area contributed by atoms with E-state index in [9.17, 15) is 13.2 Å². The first-order valence-electron chi connectivity index (χ1n) is 9.41. The summed E-state index contributed by atoms with van der Waals surface area (Å²) in [5.41, 5.74) is 1.40. The topological polar surface area (TPSA) is 72.9 Å². The van der Waals surface area contributed by atoms with Gasteiger partial charge in [0.05, 0.1) is 17.1 Å². The van der Waals surface area contributed by atoms with Crippen molar-refractivity contribution in [2.75, 3.05) is 26.8 Å². The zero-order valence-corrected chi connectivity index (χ0v) is 16.8. The van der Waals surface area contributed by atoms with Gasteiger partial charge in [0.25, 0.3) is 0 Å². The first-order valence-corrected chi connectivity index (χ1v) is 10.8. The van der Waals surface area contributed by atoms with Crippen LogP contribution in [-0.2, 0) is 21.2 Å². The van der Waals surface area contributed by atoms with Crippen LogP contribution in [0.2, 0.25) is 0 Å². The number of piperidine rings is 1. The first-order chi connectivity index (χ1) is 13.5. The molecule has 28 heavy (non-hydrogen) atoms. The summed E-state index contributed by atoms with van der Waals surface area (Å²) in [5, 5.41) is 0. The normalized spacial score (nSPS) is 15.3. The third-order valence-corrected chi connectivity index (χ3v) is 6.68. The van der Waals surface area contributed by atoms with Crippen LogP contribution in [0.15, 0.2) is 53.4 Å². The lowest BCUT2D eigenvalue weighted by Gasteiger charge is -2.25. The number of methoxy groups -OCH3 is 1. The number of ether oxygens (including phenoxy) is 2. The molecule has 3 rings (SSSR count). The zero-order valence-electron chi connectivity index (χ0n) is 16.0. The van der Waals surface area contributed by atoms with Crippen molar-refractivity contribution < 1.29 is 22.7 Å². The van der Waals surface area contributed by atoms with Crippen LogP contribution in [0.1, 0.15) is 35.2 Å². The lowest BCUT2D eigenvalue weighted by molar-refractivity contribution is 0.0734. The first kappa shape index (κ1) is 20.5. The molecule has 1 saturated heterocycles. The Morgan fingerprint density at radius 2 is 1.61 bits per heavy atom. The van der Waals surface area contributed by atoms with Gasteiger partial charge in [0.15, 0.2) is 0 Å². The van der Waals surface area contributed by atoms with Crippen LogP contribution in [0.3, 0.4) is 0 Å². The second-order valence-corrected chi connectivity index (χ2v) is 8.70. The molecule has 0 aliphatic carbocycles. The van der Waals surface area contributed by atoms with E-state index < -0.39 is 16.0 Å². The lowest BCUT2D eigenvalue weighted by atomic mass is 10.1. The van der Waals surface area contributed by atoms with Crippen LogP contribution in [0, 0.1) is 0 Å². The van der Waals surface area contributed by atoms with Gasteiger partial charge in [-0.1, -0.05) is 18.6 Å². The summed E-state index contributed by atoms with van der Waals surface area (Å²) in [7, 11) is -1.85. The van der Waals surface area contributed by atoms with Gasteiger partial charge in [-0.3, -0.25) is 0 Å². The summed E-state index contributed by atoms with van der Waals surface area (Å²) in [6.45, 7) is 1.73. The average molecular weight is 404 g/mol. The van der Waals surface area contributed by atoms with Crippen molar-refractivity contribution >= 4 is 16.0 Å². The molecule has 1 aliphatic heterocycles. The minimum absolute atomic E-state index is 0.202. The number of sulfonamides is 1. The molecule has 1 heterocycles. The molecule has 0 spiro atoms. The van der Waals surface area contributed by atoms with E-state index in [2.05, 4.69) is 0 Å². The standard InChI is InChI=1S/C21H25NO5S/c1-26-16-13-17-5-9-19(10-6-17)27-21(23)18-7-11-20(12-8-18)28(24,25)22-14-3-2-4-15-22/h5-12H,2-4,13-16H2,1H3. The van der Waals surface area contributed by atoms with Crippen molar-refractivity contribution in [3.05, 3.63) is 59.7 Å². The average Bonchev–Trinajstić information content (AvgIpc) is 2.74. The van der Waals surface area contributed by atoms with Crippen molar-refractivity contribution in [2.45, 2.75) is 30.6 Å². The molecule has 0 unspecified atom stereocenters. The molecule has 0 radical (unpaired) electrons. The summed E-state index contributed by atoms with van der Waals surface area (Å²) in [6.07, 6.45) is 3.61. The molecule has 150 valence electrons. The number of esters is 1. The SMILES string of the molecule is COCCc1ccc(OC(=O)c2ccc(S(=O)(=O)N3CCCCC3)cc2)cc1. The maximum Gasteiger partial charge on any atom is 0.343 e. The lowest BCUT2D eigenvalue weighted by Crippen LogP contribution is -2.35. The fourth-order valence-corrected chi connectivity index (χ4v) is 4.64. The third kappa shape index (κ3) is 4.98. The van der Waals surface area contributed by atoms with Crippen LogP contribution in [0.25, 0.3) is 0 Å². The van der Waals surface area contributed by atoms with Gasteiger partial charge in [-0.05, 0) is 61.2 Å². The zero-order chi connectivity index (χ0) is 20.0. The van der Waals surface area contributed by atoms with E-state index >= 15 is 0 Å². The summed E-state index contributed by atoms with van der Waals surface area (Å²) in [5.74, 6) is -0.0808. The van der Waals surface area contributed by atoms with Crippen molar-refractivity contribution in [3.63, 3.8) is 0 Å². The predicted molar refractivity (Wildman–Crippen MR) is 106 cm³/mol. The number of hydrogen-bond acceptors (Lipinski definition) is 5. The Hall–Kier alpha value is -2.22. The minimum atomic E-state index is -3.50. The van der Waals surface area contributed by atoms with Gasteiger partial charge in [-0.25, -0.2) is 13.2 Å². The van der Waals surface area contributed by atoms with E-state index in [1.807, 2.05) is 12.1 Å². The number of carbonyl (C=O) groups is 1. The minimum Gasteiger partial charge on any atom is -0.423 e. The van der Waals surface area contributed by atoms with Gasteiger partial charge < -0.3 is 9.47 Å². The molecule has 0 N–H and O–H groups in total. The van der Waals surface area contributed by atoms with Gasteiger partial charge >= 0.3 is 5.97 Å². The molecule has 0 bridgehead atoms. The van der Waals surface area contributed by atoms with E-state index in [0.29, 0.717) is 31.0 Å². The molecule has 6 nitrogen and oxygen atoms in total. The van der Waals surface area contributed by atoms with Gasteiger partial charge in [0.1, 0.15) is 5.75 Å². The van der Waals surface area contributed by atoms with Crippen molar-refractivity contribution in [3.8, 4) is 5.75 Å².